The second kappa shape index (κ2) is 6.01. The lowest BCUT2D eigenvalue weighted by Crippen LogP contribution is -2.51. The van der Waals surface area contributed by atoms with Crippen molar-refractivity contribution in [1.29, 1.82) is 0 Å². The maximum atomic E-state index is 6.40. The molecule has 1 atom stereocenters. The minimum atomic E-state index is 0.128. The fraction of sp³-hybridized carbons (Fsp3) is 0.600. The van der Waals surface area contributed by atoms with E-state index in [0.29, 0.717) is 0 Å². The molecule has 1 saturated carbocycles. The molecule has 1 unspecified atom stereocenters. The summed E-state index contributed by atoms with van der Waals surface area (Å²) in [6.07, 6.45) is 4.92. The first-order valence-electron chi connectivity index (χ1n) is 6.81. The van der Waals surface area contributed by atoms with E-state index in [9.17, 15) is 0 Å². The number of hydrogen-bond donors (Lipinski definition) is 1. The zero-order valence-corrected chi connectivity index (χ0v) is 13.4. The summed E-state index contributed by atoms with van der Waals surface area (Å²) in [4.78, 5) is 2.35. The summed E-state index contributed by atoms with van der Waals surface area (Å²) in [5, 5.41) is 5.00. The molecule has 0 amide bonds. The Labute approximate surface area is 126 Å². The van der Waals surface area contributed by atoms with Crippen molar-refractivity contribution in [3.8, 4) is 0 Å². The summed E-state index contributed by atoms with van der Waals surface area (Å²) in [5.74, 6) is 0. The Bertz CT molecular complexity index is 440. The lowest BCUT2D eigenvalue weighted by molar-refractivity contribution is 0.108. The van der Waals surface area contributed by atoms with Crippen LogP contribution in [-0.4, -0.2) is 31.6 Å². The van der Waals surface area contributed by atoms with Gasteiger partial charge in [-0.3, -0.25) is 0 Å². The third kappa shape index (κ3) is 2.78. The Morgan fingerprint density at radius 2 is 1.84 bits per heavy atom. The molecule has 106 valence electrons. The summed E-state index contributed by atoms with van der Waals surface area (Å²) in [6.45, 7) is 0. The highest BCUT2D eigenvalue weighted by Gasteiger charge is 2.43. The third-order valence-electron chi connectivity index (χ3n) is 4.46. The van der Waals surface area contributed by atoms with Crippen LogP contribution in [0, 0.1) is 0 Å². The molecule has 0 saturated heterocycles. The van der Waals surface area contributed by atoms with Crippen LogP contribution in [0.15, 0.2) is 18.2 Å². The lowest BCUT2D eigenvalue weighted by Gasteiger charge is -2.43. The van der Waals surface area contributed by atoms with Crippen LogP contribution < -0.4 is 5.32 Å². The molecule has 0 bridgehead atoms. The molecule has 0 spiro atoms. The van der Waals surface area contributed by atoms with Gasteiger partial charge in [-0.05, 0) is 57.7 Å². The van der Waals surface area contributed by atoms with Gasteiger partial charge in [-0.1, -0.05) is 36.0 Å². The molecule has 19 heavy (non-hydrogen) atoms. The molecule has 1 aliphatic carbocycles. The molecule has 2 rings (SSSR count). The lowest BCUT2D eigenvalue weighted by atomic mass is 9.82. The zero-order valence-electron chi connectivity index (χ0n) is 11.8. The van der Waals surface area contributed by atoms with Crippen LogP contribution in [0.2, 0.25) is 10.0 Å². The third-order valence-corrected chi connectivity index (χ3v) is 5.03. The Morgan fingerprint density at radius 3 is 2.37 bits per heavy atom. The largest absolute Gasteiger partial charge is 0.311 e. The second-order valence-corrected chi connectivity index (χ2v) is 6.44. The number of rotatable bonds is 4. The summed E-state index contributed by atoms with van der Waals surface area (Å²) in [7, 11) is 6.33. The molecule has 1 N–H and O–H groups in total. The van der Waals surface area contributed by atoms with E-state index < -0.39 is 0 Å². The summed E-state index contributed by atoms with van der Waals surface area (Å²) in [6, 6.07) is 5.93. The second-order valence-electron chi connectivity index (χ2n) is 5.59. The fourth-order valence-corrected chi connectivity index (χ4v) is 3.84. The van der Waals surface area contributed by atoms with Gasteiger partial charge in [0.25, 0.3) is 0 Å². The number of benzene rings is 1. The van der Waals surface area contributed by atoms with Gasteiger partial charge in [0, 0.05) is 15.6 Å². The Morgan fingerprint density at radius 1 is 1.21 bits per heavy atom. The first-order valence-corrected chi connectivity index (χ1v) is 7.56. The topological polar surface area (TPSA) is 15.3 Å². The van der Waals surface area contributed by atoms with Crippen LogP contribution in [0.3, 0.4) is 0 Å². The molecule has 0 heterocycles. The van der Waals surface area contributed by atoms with Crippen molar-refractivity contribution in [2.45, 2.75) is 37.3 Å². The molecular formula is C15H22Cl2N2. The Hall–Kier alpha value is -0.280. The van der Waals surface area contributed by atoms with Gasteiger partial charge in [0.05, 0.1) is 6.04 Å². The van der Waals surface area contributed by atoms with Crippen LogP contribution in [0.25, 0.3) is 0 Å². The highest BCUT2D eigenvalue weighted by atomic mass is 35.5. The van der Waals surface area contributed by atoms with Gasteiger partial charge in [-0.25, -0.2) is 0 Å². The molecule has 1 aromatic carbocycles. The molecule has 0 aliphatic heterocycles. The number of hydrogen-bond acceptors (Lipinski definition) is 2. The summed E-state index contributed by atoms with van der Waals surface area (Å²) >= 11 is 12.5. The summed E-state index contributed by atoms with van der Waals surface area (Å²) in [5.41, 5.74) is 1.23. The predicted molar refractivity (Wildman–Crippen MR) is 83.1 cm³/mol. The van der Waals surface area contributed by atoms with Gasteiger partial charge in [0.15, 0.2) is 0 Å². The molecule has 4 heteroatoms. The maximum absolute atomic E-state index is 6.40. The van der Waals surface area contributed by atoms with Gasteiger partial charge in [-0.2, -0.15) is 0 Å². The molecule has 1 fully saturated rings. The number of nitrogens with one attached hydrogen (secondary N) is 1. The van der Waals surface area contributed by atoms with E-state index in [4.69, 9.17) is 23.2 Å². The highest BCUT2D eigenvalue weighted by Crippen LogP contribution is 2.45. The predicted octanol–water partition coefficient (Wildman–Crippen LogP) is 4.13. The van der Waals surface area contributed by atoms with E-state index in [1.807, 2.05) is 25.2 Å². The van der Waals surface area contributed by atoms with Crippen molar-refractivity contribution in [2.24, 2.45) is 0 Å². The number of halogens is 2. The minimum absolute atomic E-state index is 0.128. The number of likely N-dealkylation sites (N-methyl/N-ethyl adjacent to an activating group) is 2. The van der Waals surface area contributed by atoms with Gasteiger partial charge in [0.1, 0.15) is 0 Å². The summed E-state index contributed by atoms with van der Waals surface area (Å²) < 4.78 is 0. The molecule has 1 aromatic rings. The molecule has 2 nitrogen and oxygen atoms in total. The van der Waals surface area contributed by atoms with Crippen LogP contribution in [0.1, 0.15) is 37.3 Å². The van der Waals surface area contributed by atoms with E-state index in [2.05, 4.69) is 24.3 Å². The average Bonchev–Trinajstić information content (AvgIpc) is 2.85. The quantitative estimate of drug-likeness (QED) is 0.899. The van der Waals surface area contributed by atoms with Crippen molar-refractivity contribution in [3.63, 3.8) is 0 Å². The van der Waals surface area contributed by atoms with Crippen LogP contribution in [0.4, 0.5) is 0 Å². The first-order chi connectivity index (χ1) is 9.01. The van der Waals surface area contributed by atoms with Crippen molar-refractivity contribution in [2.75, 3.05) is 21.1 Å². The van der Waals surface area contributed by atoms with Crippen molar-refractivity contribution in [1.82, 2.24) is 10.2 Å². The Kier molecular flexibility index (Phi) is 4.78. The number of nitrogens with zero attached hydrogens (tertiary/aromatic N) is 1. The van der Waals surface area contributed by atoms with E-state index >= 15 is 0 Å². The van der Waals surface area contributed by atoms with Crippen molar-refractivity contribution in [3.05, 3.63) is 33.8 Å². The monoisotopic (exact) mass is 300 g/mol. The smallest absolute Gasteiger partial charge is 0.0519 e. The molecule has 0 radical (unpaired) electrons. The van der Waals surface area contributed by atoms with Gasteiger partial charge >= 0.3 is 0 Å². The molecular weight excluding hydrogens is 279 g/mol. The highest BCUT2D eigenvalue weighted by molar-refractivity contribution is 6.33. The van der Waals surface area contributed by atoms with Crippen LogP contribution >= 0.6 is 23.2 Å². The van der Waals surface area contributed by atoms with Crippen molar-refractivity contribution >= 4 is 23.2 Å². The average molecular weight is 301 g/mol. The standard InChI is InChI=1S/C15H22Cl2N2/c1-18-14(12-10-11(16)6-7-13(12)17)15(19(2)3)8-4-5-9-15/h6-7,10,14,18H,4-5,8-9H2,1-3H3. The van der Waals surface area contributed by atoms with E-state index in [1.54, 1.807) is 0 Å². The first kappa shape index (κ1) is 15.1. The van der Waals surface area contributed by atoms with E-state index in [1.165, 1.54) is 25.7 Å². The van der Waals surface area contributed by atoms with Crippen LogP contribution in [0.5, 0.6) is 0 Å². The zero-order chi connectivity index (χ0) is 14.0. The van der Waals surface area contributed by atoms with Gasteiger partial charge in [-0.15, -0.1) is 0 Å². The SMILES string of the molecule is CNC(c1cc(Cl)ccc1Cl)C1(N(C)C)CCCC1. The van der Waals surface area contributed by atoms with Crippen LogP contribution in [-0.2, 0) is 0 Å². The van der Waals surface area contributed by atoms with E-state index in [-0.39, 0.29) is 11.6 Å². The van der Waals surface area contributed by atoms with E-state index in [0.717, 1.165) is 15.6 Å². The van der Waals surface area contributed by atoms with Gasteiger partial charge < -0.3 is 10.2 Å². The van der Waals surface area contributed by atoms with Gasteiger partial charge in [0.2, 0.25) is 0 Å². The minimum Gasteiger partial charge on any atom is -0.311 e. The Balaban J connectivity index is 2.45. The van der Waals surface area contributed by atoms with Crippen molar-refractivity contribution < 1.29 is 0 Å². The maximum Gasteiger partial charge on any atom is 0.0519 e. The fourth-order valence-electron chi connectivity index (χ4n) is 3.43. The molecule has 0 aromatic heterocycles. The molecule has 1 aliphatic rings. The normalized spacial score (nSPS) is 19.9.